The molecule has 1 atom stereocenters. The minimum atomic E-state index is -0.381. The molecule has 2 fully saturated rings. The summed E-state index contributed by atoms with van der Waals surface area (Å²) in [7, 11) is 1.74. The number of imidazole rings is 1. The molecular formula is C28H26FN9. The highest BCUT2D eigenvalue weighted by Crippen LogP contribution is 2.38. The van der Waals surface area contributed by atoms with Crippen LogP contribution in [0.1, 0.15) is 24.8 Å². The monoisotopic (exact) mass is 507 g/mol. The van der Waals surface area contributed by atoms with E-state index in [4.69, 9.17) is 9.97 Å². The average molecular weight is 508 g/mol. The molecule has 0 unspecified atom stereocenters. The quantitative estimate of drug-likeness (QED) is 0.363. The molecule has 0 amide bonds. The molecule has 0 spiro atoms. The summed E-state index contributed by atoms with van der Waals surface area (Å²) >= 11 is 0. The molecule has 38 heavy (non-hydrogen) atoms. The van der Waals surface area contributed by atoms with Gasteiger partial charge in [-0.15, -0.1) is 5.10 Å². The Morgan fingerprint density at radius 1 is 1.08 bits per heavy atom. The molecule has 2 aromatic carbocycles. The lowest BCUT2D eigenvalue weighted by atomic mass is 10.0. The molecule has 10 heteroatoms. The molecule has 3 aromatic heterocycles. The Labute approximate surface area is 218 Å². The number of fused-ring (bicyclic) bond motifs is 2. The second-order valence-electron chi connectivity index (χ2n) is 10.1. The highest BCUT2D eigenvalue weighted by atomic mass is 19.1. The van der Waals surface area contributed by atoms with Crippen LogP contribution in [0.15, 0.2) is 48.8 Å². The number of nitriles is 1. The Morgan fingerprint density at radius 2 is 1.92 bits per heavy atom. The first-order valence-corrected chi connectivity index (χ1v) is 13.0. The molecule has 9 nitrogen and oxygen atoms in total. The summed E-state index contributed by atoms with van der Waals surface area (Å²) < 4.78 is 19.2. The zero-order valence-electron chi connectivity index (χ0n) is 21.0. The smallest absolute Gasteiger partial charge is 0.181 e. The van der Waals surface area contributed by atoms with Crippen molar-refractivity contribution in [3.8, 4) is 28.6 Å². The van der Waals surface area contributed by atoms with Crippen LogP contribution in [0.4, 0.5) is 10.2 Å². The molecule has 7 rings (SSSR count). The van der Waals surface area contributed by atoms with Crippen LogP contribution < -0.4 is 4.90 Å². The van der Waals surface area contributed by atoms with Gasteiger partial charge in [0, 0.05) is 55.8 Å². The molecule has 0 bridgehead atoms. The number of aromatic nitrogens is 6. The molecule has 2 saturated heterocycles. The summed E-state index contributed by atoms with van der Waals surface area (Å²) in [6, 6.07) is 13.1. The van der Waals surface area contributed by atoms with E-state index in [9.17, 15) is 5.26 Å². The van der Waals surface area contributed by atoms with Gasteiger partial charge in [-0.25, -0.2) is 19.0 Å². The van der Waals surface area contributed by atoms with Gasteiger partial charge in [0.25, 0.3) is 0 Å². The Morgan fingerprint density at radius 3 is 2.68 bits per heavy atom. The van der Waals surface area contributed by atoms with Gasteiger partial charge in [0.2, 0.25) is 0 Å². The van der Waals surface area contributed by atoms with Crippen molar-refractivity contribution in [1.29, 1.82) is 5.26 Å². The van der Waals surface area contributed by atoms with E-state index in [0.29, 0.717) is 45.2 Å². The molecule has 190 valence electrons. The summed E-state index contributed by atoms with van der Waals surface area (Å²) in [5.74, 6) is 0.425. The van der Waals surface area contributed by atoms with Crippen LogP contribution in [0.5, 0.6) is 0 Å². The molecule has 5 aromatic rings. The SMILES string of the molecule is Cn1nnc2cc(-c3c(-c4ccc(C#N)cc4)nc4c(N5CCC[C@@H](N6CCC6)C5)nccn34)c(F)cc21. The van der Waals surface area contributed by atoms with Crippen LogP contribution in [-0.2, 0) is 7.05 Å². The second kappa shape index (κ2) is 8.89. The average Bonchev–Trinajstić information content (AvgIpc) is 3.47. The van der Waals surface area contributed by atoms with Crippen molar-refractivity contribution in [2.24, 2.45) is 7.05 Å². The fraction of sp³-hybridized carbons (Fsp3) is 0.321. The largest absolute Gasteiger partial charge is 0.352 e. The maximum absolute atomic E-state index is 15.7. The van der Waals surface area contributed by atoms with Crippen LogP contribution in [0, 0.1) is 17.1 Å². The lowest BCUT2D eigenvalue weighted by molar-refractivity contribution is 0.106. The van der Waals surface area contributed by atoms with Crippen LogP contribution >= 0.6 is 0 Å². The summed E-state index contributed by atoms with van der Waals surface area (Å²) in [5, 5.41) is 17.6. The summed E-state index contributed by atoms with van der Waals surface area (Å²) in [6.45, 7) is 4.14. The van der Waals surface area contributed by atoms with Crippen LogP contribution in [-0.4, -0.2) is 66.5 Å². The highest BCUT2D eigenvalue weighted by Gasteiger charge is 2.31. The van der Waals surface area contributed by atoms with Gasteiger partial charge >= 0.3 is 0 Å². The zero-order chi connectivity index (χ0) is 25.8. The lowest BCUT2D eigenvalue weighted by Crippen LogP contribution is -2.53. The van der Waals surface area contributed by atoms with Crippen molar-refractivity contribution >= 4 is 22.5 Å². The maximum Gasteiger partial charge on any atom is 0.181 e. The van der Waals surface area contributed by atoms with E-state index in [1.54, 1.807) is 36.1 Å². The number of anilines is 1. The normalized spacial score (nSPS) is 18.1. The van der Waals surface area contributed by atoms with Gasteiger partial charge in [-0.1, -0.05) is 17.3 Å². The molecule has 5 heterocycles. The molecule has 0 saturated carbocycles. The maximum atomic E-state index is 15.7. The Kier molecular flexibility index (Phi) is 5.33. The number of halogens is 1. The van der Waals surface area contributed by atoms with Gasteiger partial charge in [-0.05, 0) is 50.6 Å². The number of nitrogens with zero attached hydrogens (tertiary/aromatic N) is 9. The number of hydrogen-bond acceptors (Lipinski definition) is 7. The third-order valence-corrected chi connectivity index (χ3v) is 7.87. The topological polar surface area (TPSA) is 91.2 Å². The van der Waals surface area contributed by atoms with E-state index in [0.717, 1.165) is 44.0 Å². The standard InChI is InChI=1S/C28H26FN9/c1-35-24-15-22(29)21(14-23(24)33-34-35)26-25(19-7-5-18(16-30)6-8-19)32-28-27(31-9-13-38(26)28)37-10-2-4-20(17-37)36-11-3-12-36/h5-9,13-15,20H,2-4,10-12,17H2,1H3/t20-/m1/s1. The Bertz CT molecular complexity index is 1710. The van der Waals surface area contributed by atoms with Crippen LogP contribution in [0.2, 0.25) is 0 Å². The summed E-state index contributed by atoms with van der Waals surface area (Å²) in [4.78, 5) is 14.7. The van der Waals surface area contributed by atoms with E-state index in [2.05, 4.69) is 26.2 Å². The first-order valence-electron chi connectivity index (χ1n) is 13.0. The van der Waals surface area contributed by atoms with Gasteiger partial charge in [0.15, 0.2) is 11.5 Å². The molecule has 0 radical (unpaired) electrons. The molecular weight excluding hydrogens is 481 g/mol. The Balaban J connectivity index is 1.43. The van der Waals surface area contributed by atoms with Gasteiger partial charge in [0.1, 0.15) is 11.3 Å². The van der Waals surface area contributed by atoms with E-state index in [1.807, 2.05) is 22.7 Å². The third kappa shape index (κ3) is 3.62. The fourth-order valence-electron chi connectivity index (χ4n) is 5.73. The third-order valence-electron chi connectivity index (χ3n) is 7.87. The van der Waals surface area contributed by atoms with Crippen molar-refractivity contribution in [1.82, 2.24) is 34.3 Å². The van der Waals surface area contributed by atoms with Crippen molar-refractivity contribution in [3.05, 3.63) is 60.2 Å². The lowest BCUT2D eigenvalue weighted by Gasteiger charge is -2.44. The van der Waals surface area contributed by atoms with Gasteiger partial charge in [-0.3, -0.25) is 9.30 Å². The van der Waals surface area contributed by atoms with E-state index < -0.39 is 0 Å². The first kappa shape index (κ1) is 22.8. The van der Waals surface area contributed by atoms with E-state index in [1.165, 1.54) is 18.9 Å². The number of benzene rings is 2. The van der Waals surface area contributed by atoms with Crippen molar-refractivity contribution in [3.63, 3.8) is 0 Å². The van der Waals surface area contributed by atoms with Gasteiger partial charge < -0.3 is 4.90 Å². The predicted octanol–water partition coefficient (Wildman–Crippen LogP) is 4.03. The van der Waals surface area contributed by atoms with Crippen LogP contribution in [0.25, 0.3) is 39.2 Å². The zero-order valence-corrected chi connectivity index (χ0v) is 21.0. The molecule has 2 aliphatic heterocycles. The predicted molar refractivity (Wildman–Crippen MR) is 142 cm³/mol. The fourth-order valence-corrected chi connectivity index (χ4v) is 5.73. The number of likely N-dealkylation sites (tertiary alicyclic amines) is 1. The minimum Gasteiger partial charge on any atom is -0.352 e. The van der Waals surface area contributed by atoms with Gasteiger partial charge in [-0.2, -0.15) is 5.26 Å². The van der Waals surface area contributed by atoms with E-state index >= 15 is 4.39 Å². The summed E-state index contributed by atoms with van der Waals surface area (Å²) in [6.07, 6.45) is 7.16. The molecule has 0 aliphatic carbocycles. The summed E-state index contributed by atoms with van der Waals surface area (Å²) in [5.41, 5.74) is 4.89. The van der Waals surface area contributed by atoms with E-state index in [-0.39, 0.29) is 5.82 Å². The second-order valence-corrected chi connectivity index (χ2v) is 10.1. The number of rotatable bonds is 4. The van der Waals surface area contributed by atoms with Crippen molar-refractivity contribution in [2.45, 2.75) is 25.3 Å². The number of piperidine rings is 1. The molecule has 2 aliphatic rings. The van der Waals surface area contributed by atoms with Crippen LogP contribution in [0.3, 0.4) is 0 Å². The van der Waals surface area contributed by atoms with Crippen molar-refractivity contribution < 1.29 is 4.39 Å². The highest BCUT2D eigenvalue weighted by molar-refractivity contribution is 5.89. The minimum absolute atomic E-state index is 0.381. The van der Waals surface area contributed by atoms with Gasteiger partial charge in [0.05, 0.1) is 28.5 Å². The first-order chi connectivity index (χ1) is 18.6. The Hall–Kier alpha value is -4.36. The van der Waals surface area contributed by atoms with Crippen molar-refractivity contribution in [2.75, 3.05) is 31.1 Å². The number of aryl methyl sites for hydroxylation is 1. The number of hydrogen-bond donors (Lipinski definition) is 0. The molecule has 0 N–H and O–H groups in total.